The Morgan fingerprint density at radius 3 is 2.35 bits per heavy atom. The number of carbonyl (C=O) groups excluding carboxylic acids is 1. The van der Waals surface area contributed by atoms with E-state index in [9.17, 15) is 13.2 Å². The quantitative estimate of drug-likeness (QED) is 0.860. The second kappa shape index (κ2) is 6.39. The third kappa shape index (κ3) is 3.69. The topological polar surface area (TPSA) is 81.7 Å². The second-order valence-electron chi connectivity index (χ2n) is 5.02. The molecule has 23 heavy (non-hydrogen) atoms. The summed E-state index contributed by atoms with van der Waals surface area (Å²) < 4.78 is 34.8. The molecule has 0 aliphatic carbocycles. The largest absolute Gasteiger partial charge is 0.379 e. The minimum atomic E-state index is -3.85. The van der Waals surface area contributed by atoms with E-state index in [1.165, 1.54) is 12.1 Å². The minimum Gasteiger partial charge on any atom is -0.379 e. The van der Waals surface area contributed by atoms with Crippen LogP contribution in [0.3, 0.4) is 0 Å². The van der Waals surface area contributed by atoms with Crippen LogP contribution in [0, 0.1) is 0 Å². The fourth-order valence-corrected chi connectivity index (χ4v) is 3.16. The summed E-state index contributed by atoms with van der Waals surface area (Å²) in [6.07, 6.45) is -0.243. The first kappa shape index (κ1) is 15.5. The van der Waals surface area contributed by atoms with Gasteiger partial charge >= 0.3 is 10.1 Å². The Morgan fingerprint density at radius 1 is 1.04 bits per heavy atom. The average Bonchev–Trinajstić information content (AvgIpc) is 2.57. The van der Waals surface area contributed by atoms with Gasteiger partial charge in [0.25, 0.3) is 0 Å². The number of amides is 1. The highest BCUT2D eigenvalue weighted by atomic mass is 32.2. The van der Waals surface area contributed by atoms with Gasteiger partial charge in [-0.05, 0) is 29.8 Å². The predicted octanol–water partition coefficient (Wildman–Crippen LogP) is 1.64. The maximum atomic E-state index is 12.1. The highest BCUT2D eigenvalue weighted by molar-refractivity contribution is 7.87. The zero-order chi connectivity index (χ0) is 16.3. The van der Waals surface area contributed by atoms with Gasteiger partial charge in [-0.3, -0.25) is 4.79 Å². The Morgan fingerprint density at radius 2 is 1.74 bits per heavy atom. The predicted molar refractivity (Wildman–Crippen MR) is 82.4 cm³/mol. The van der Waals surface area contributed by atoms with Crippen molar-refractivity contribution in [2.75, 3.05) is 13.2 Å². The molecule has 2 aromatic rings. The SMILES string of the molecule is O=C1CO[C@@H](c2ccc(OS(=O)(=O)c3ccccc3)cc2)CN1. The van der Waals surface area contributed by atoms with Gasteiger partial charge in [0.2, 0.25) is 5.91 Å². The highest BCUT2D eigenvalue weighted by Crippen LogP contribution is 2.24. The molecule has 1 saturated heterocycles. The number of benzene rings is 2. The van der Waals surface area contributed by atoms with Crippen LogP contribution in [0.5, 0.6) is 5.75 Å². The van der Waals surface area contributed by atoms with E-state index in [1.54, 1.807) is 42.5 Å². The summed E-state index contributed by atoms with van der Waals surface area (Å²) in [5.41, 5.74) is 0.842. The van der Waals surface area contributed by atoms with Gasteiger partial charge in [0, 0.05) is 6.54 Å². The van der Waals surface area contributed by atoms with E-state index in [2.05, 4.69) is 5.32 Å². The van der Waals surface area contributed by atoms with Crippen LogP contribution in [0.4, 0.5) is 0 Å². The van der Waals surface area contributed by atoms with Crippen molar-refractivity contribution >= 4 is 16.0 Å². The molecule has 0 radical (unpaired) electrons. The number of hydrogen-bond donors (Lipinski definition) is 1. The molecule has 1 amide bonds. The summed E-state index contributed by atoms with van der Waals surface area (Å²) in [6, 6.07) is 14.5. The van der Waals surface area contributed by atoms with Crippen LogP contribution in [-0.4, -0.2) is 27.5 Å². The molecule has 1 aliphatic rings. The molecule has 1 fully saturated rings. The number of carbonyl (C=O) groups is 1. The summed E-state index contributed by atoms with van der Waals surface area (Å²) in [4.78, 5) is 11.2. The van der Waals surface area contributed by atoms with E-state index in [-0.39, 0.29) is 29.3 Å². The lowest BCUT2D eigenvalue weighted by atomic mass is 10.1. The lowest BCUT2D eigenvalue weighted by Crippen LogP contribution is -2.38. The molecular weight excluding hydrogens is 318 g/mol. The van der Waals surface area contributed by atoms with Crippen LogP contribution in [0.1, 0.15) is 11.7 Å². The van der Waals surface area contributed by atoms with E-state index in [0.29, 0.717) is 6.54 Å². The molecule has 0 spiro atoms. The molecule has 0 unspecified atom stereocenters. The molecule has 1 N–H and O–H groups in total. The first-order valence-electron chi connectivity index (χ1n) is 7.02. The smallest absolute Gasteiger partial charge is 0.339 e. The molecule has 120 valence electrons. The molecule has 3 rings (SSSR count). The minimum absolute atomic E-state index is 0.0192. The van der Waals surface area contributed by atoms with Gasteiger partial charge in [-0.25, -0.2) is 0 Å². The highest BCUT2D eigenvalue weighted by Gasteiger charge is 2.21. The van der Waals surface area contributed by atoms with Gasteiger partial charge in [-0.15, -0.1) is 0 Å². The molecular formula is C16H15NO5S. The first-order valence-corrected chi connectivity index (χ1v) is 8.43. The van der Waals surface area contributed by atoms with E-state index >= 15 is 0 Å². The van der Waals surface area contributed by atoms with Gasteiger partial charge in [0.1, 0.15) is 23.4 Å². The van der Waals surface area contributed by atoms with Crippen LogP contribution >= 0.6 is 0 Å². The van der Waals surface area contributed by atoms with Crippen LogP contribution in [0.2, 0.25) is 0 Å². The number of morpholine rings is 1. The monoisotopic (exact) mass is 333 g/mol. The van der Waals surface area contributed by atoms with Crippen molar-refractivity contribution in [3.05, 3.63) is 60.2 Å². The summed E-state index contributed by atoms with van der Waals surface area (Å²) in [6.45, 7) is 0.409. The molecule has 0 saturated carbocycles. The fraction of sp³-hybridized carbons (Fsp3) is 0.188. The Kier molecular flexibility index (Phi) is 4.31. The van der Waals surface area contributed by atoms with E-state index in [4.69, 9.17) is 8.92 Å². The maximum absolute atomic E-state index is 12.1. The third-order valence-electron chi connectivity index (χ3n) is 3.39. The van der Waals surface area contributed by atoms with Crippen LogP contribution in [0.15, 0.2) is 59.5 Å². The lowest BCUT2D eigenvalue weighted by molar-refractivity contribution is -0.133. The molecule has 0 aromatic heterocycles. The maximum Gasteiger partial charge on any atom is 0.339 e. The van der Waals surface area contributed by atoms with Crippen molar-refractivity contribution in [3.8, 4) is 5.75 Å². The van der Waals surface area contributed by atoms with Crippen molar-refractivity contribution in [1.29, 1.82) is 0 Å². The van der Waals surface area contributed by atoms with Crippen LogP contribution < -0.4 is 9.50 Å². The molecule has 7 heteroatoms. The van der Waals surface area contributed by atoms with Gasteiger partial charge < -0.3 is 14.2 Å². The summed E-state index contributed by atoms with van der Waals surface area (Å²) in [5.74, 6) is 0.0765. The number of rotatable bonds is 4. The lowest BCUT2D eigenvalue weighted by Gasteiger charge is -2.23. The number of hydrogen-bond acceptors (Lipinski definition) is 5. The van der Waals surface area contributed by atoms with Gasteiger partial charge in [0.15, 0.2) is 0 Å². The zero-order valence-corrected chi connectivity index (χ0v) is 13.0. The van der Waals surface area contributed by atoms with Crippen LogP contribution in [-0.2, 0) is 19.6 Å². The zero-order valence-electron chi connectivity index (χ0n) is 12.1. The Bertz CT molecular complexity index is 777. The molecule has 1 heterocycles. The van der Waals surface area contributed by atoms with Crippen molar-refractivity contribution in [2.45, 2.75) is 11.0 Å². The van der Waals surface area contributed by atoms with Crippen molar-refractivity contribution < 1.29 is 22.1 Å². The van der Waals surface area contributed by atoms with E-state index in [0.717, 1.165) is 5.56 Å². The third-order valence-corrected chi connectivity index (χ3v) is 4.65. The molecule has 0 bridgehead atoms. The number of ether oxygens (including phenoxy) is 1. The summed E-state index contributed by atoms with van der Waals surface area (Å²) >= 11 is 0. The average molecular weight is 333 g/mol. The first-order chi connectivity index (χ1) is 11.0. The standard InChI is InChI=1S/C16H15NO5S/c18-16-11-21-15(10-17-16)12-6-8-13(9-7-12)22-23(19,20)14-4-2-1-3-5-14/h1-9,15H,10-11H2,(H,17,18)/t15-/m1/s1. The fourth-order valence-electron chi connectivity index (χ4n) is 2.21. The molecule has 1 atom stereocenters. The van der Waals surface area contributed by atoms with E-state index in [1.807, 2.05) is 0 Å². The van der Waals surface area contributed by atoms with Crippen molar-refractivity contribution in [3.63, 3.8) is 0 Å². The Balaban J connectivity index is 1.72. The normalized spacial score (nSPS) is 18.3. The van der Waals surface area contributed by atoms with E-state index < -0.39 is 10.1 Å². The Hall–Kier alpha value is -2.38. The van der Waals surface area contributed by atoms with Gasteiger partial charge in [-0.2, -0.15) is 8.42 Å². The van der Waals surface area contributed by atoms with Crippen molar-refractivity contribution in [2.24, 2.45) is 0 Å². The molecule has 6 nitrogen and oxygen atoms in total. The number of nitrogens with one attached hydrogen (secondary N) is 1. The molecule has 2 aromatic carbocycles. The van der Waals surface area contributed by atoms with Crippen LogP contribution in [0.25, 0.3) is 0 Å². The van der Waals surface area contributed by atoms with Crippen molar-refractivity contribution in [1.82, 2.24) is 5.32 Å². The summed E-state index contributed by atoms with van der Waals surface area (Å²) in [5, 5.41) is 2.71. The summed E-state index contributed by atoms with van der Waals surface area (Å²) in [7, 11) is -3.85. The van der Waals surface area contributed by atoms with Gasteiger partial charge in [-0.1, -0.05) is 30.3 Å². The molecule has 1 aliphatic heterocycles. The van der Waals surface area contributed by atoms with Gasteiger partial charge in [0.05, 0.1) is 0 Å². The Labute approximate surface area is 134 Å². The second-order valence-corrected chi connectivity index (χ2v) is 6.57.